The predicted octanol–water partition coefficient (Wildman–Crippen LogP) is 7.30. The first-order valence-electron chi connectivity index (χ1n) is 15.8. The van der Waals surface area contributed by atoms with Crippen LogP contribution in [0.15, 0.2) is 66.7 Å². The molecule has 0 heterocycles. The summed E-state index contributed by atoms with van der Waals surface area (Å²) in [4.78, 5) is 39.2. The topological polar surface area (TPSA) is 106 Å². The van der Waals surface area contributed by atoms with Gasteiger partial charge in [-0.25, -0.2) is 4.79 Å². The number of alkyl carbamates (subject to hydrolysis) is 1. The van der Waals surface area contributed by atoms with E-state index in [1.807, 2.05) is 63.2 Å². The predicted molar refractivity (Wildman–Crippen MR) is 188 cm³/mol. The van der Waals surface area contributed by atoms with Gasteiger partial charge in [-0.15, -0.1) is 10.3 Å². The van der Waals surface area contributed by atoms with Crippen molar-refractivity contribution in [2.45, 2.75) is 77.8 Å². The number of hydrogen-bond acceptors (Lipinski definition) is 5. The van der Waals surface area contributed by atoms with Crippen LogP contribution in [-0.4, -0.2) is 53.9 Å². The van der Waals surface area contributed by atoms with Crippen LogP contribution >= 0.6 is 10.3 Å². The molecule has 0 aliphatic heterocycles. The second kappa shape index (κ2) is 14.3. The van der Waals surface area contributed by atoms with Crippen molar-refractivity contribution in [2.24, 2.45) is 5.92 Å². The number of ether oxygens (including phenoxy) is 1. The van der Waals surface area contributed by atoms with Gasteiger partial charge in [-0.3, -0.25) is 9.59 Å². The molecule has 0 aromatic heterocycles. The minimum atomic E-state index is -1.26. The lowest BCUT2D eigenvalue weighted by atomic mass is 9.98. The fourth-order valence-electron chi connectivity index (χ4n) is 5.24. The molecule has 0 unspecified atom stereocenters. The summed E-state index contributed by atoms with van der Waals surface area (Å²) in [6.07, 6.45) is 3.66. The summed E-state index contributed by atoms with van der Waals surface area (Å²) in [6.45, 7) is 14.5. The number of benzene rings is 3. The molecular weight excluding hydrogens is 598 g/mol. The Morgan fingerprint density at radius 3 is 1.98 bits per heavy atom. The van der Waals surface area contributed by atoms with E-state index in [4.69, 9.17) is 8.92 Å². The Morgan fingerprint density at radius 2 is 1.43 bits per heavy atom. The van der Waals surface area contributed by atoms with Gasteiger partial charge in [0.15, 0.2) is 0 Å². The molecule has 8 nitrogen and oxygen atoms in total. The molecule has 0 saturated carbocycles. The van der Waals surface area contributed by atoms with Gasteiger partial charge in [0.05, 0.1) is 6.61 Å². The number of carbonyl (C=O) groups is 3. The van der Waals surface area contributed by atoms with Crippen molar-refractivity contribution in [3.8, 4) is 11.1 Å². The highest BCUT2D eigenvalue weighted by Gasteiger charge is 2.32. The monoisotopic (exact) mass is 647 g/mol. The van der Waals surface area contributed by atoms with Crippen LogP contribution in [-0.2, 0) is 25.1 Å². The average molecular weight is 648 g/mol. The Morgan fingerprint density at radius 1 is 0.848 bits per heavy atom. The molecule has 3 aromatic rings. The van der Waals surface area contributed by atoms with Gasteiger partial charge >= 0.3 is 6.09 Å². The van der Waals surface area contributed by atoms with Crippen molar-refractivity contribution in [3.63, 3.8) is 0 Å². The maximum absolute atomic E-state index is 13.2. The summed E-state index contributed by atoms with van der Waals surface area (Å²) in [7, 11) is -1.26. The van der Waals surface area contributed by atoms with E-state index in [9.17, 15) is 14.4 Å². The van der Waals surface area contributed by atoms with E-state index >= 15 is 0 Å². The van der Waals surface area contributed by atoms with Gasteiger partial charge in [0.25, 0.3) is 0 Å². The van der Waals surface area contributed by atoms with Crippen molar-refractivity contribution in [1.82, 2.24) is 10.6 Å². The first-order valence-corrected chi connectivity index (χ1v) is 18.2. The van der Waals surface area contributed by atoms with Gasteiger partial charge < -0.3 is 24.9 Å². The van der Waals surface area contributed by atoms with Crippen LogP contribution in [0.5, 0.6) is 0 Å². The molecule has 3 aromatic carbocycles. The van der Waals surface area contributed by atoms with E-state index in [1.165, 1.54) is 0 Å². The van der Waals surface area contributed by atoms with Crippen molar-refractivity contribution >= 4 is 33.9 Å². The van der Waals surface area contributed by atoms with Gasteiger partial charge in [-0.2, -0.15) is 0 Å². The summed E-state index contributed by atoms with van der Waals surface area (Å²) < 4.78 is 12.0. The number of carbonyl (C=O) groups excluding carboxylic acids is 3. The lowest BCUT2D eigenvalue weighted by Gasteiger charge is -2.43. The van der Waals surface area contributed by atoms with Crippen LogP contribution in [0, 0.1) is 12.8 Å². The zero-order chi connectivity index (χ0) is 33.8. The maximum Gasteiger partial charge on any atom is 0.407 e. The van der Waals surface area contributed by atoms with Crippen LogP contribution in [0.25, 0.3) is 11.1 Å². The summed E-state index contributed by atoms with van der Waals surface area (Å²) in [5.41, 5.74) is 7.19. The number of fused-ring (bicyclic) bond motifs is 3. The summed E-state index contributed by atoms with van der Waals surface area (Å²) in [5.74, 6) is -1.15. The highest BCUT2D eigenvalue weighted by atomic mass is 32.3. The van der Waals surface area contributed by atoms with Crippen molar-refractivity contribution in [3.05, 3.63) is 89.0 Å². The van der Waals surface area contributed by atoms with Gasteiger partial charge in [0.1, 0.15) is 18.7 Å². The first-order chi connectivity index (χ1) is 21.6. The van der Waals surface area contributed by atoms with Crippen LogP contribution in [0.2, 0.25) is 0 Å². The largest absolute Gasteiger partial charge is 0.449 e. The quantitative estimate of drug-likeness (QED) is 0.203. The molecule has 0 bridgehead atoms. The molecule has 0 radical (unpaired) electrons. The third-order valence-corrected chi connectivity index (χ3v) is 12.6. The normalized spacial score (nSPS) is 14.6. The number of nitrogens with one attached hydrogen (secondary N) is 3. The Balaban J connectivity index is 1.30. The lowest BCUT2D eigenvalue weighted by molar-refractivity contribution is -0.128. The molecule has 3 N–H and O–H groups in total. The second-order valence-electron chi connectivity index (χ2n) is 13.7. The SMILES string of the molecule is Cc1cc(NC(=O)[C@H](C)NC(=O)[C@@H](NC(=O)OCC2c3ccccc3-c3ccccc32)C(C)C)ccc1COS(C)(C)C(C)(C)C. The Labute approximate surface area is 275 Å². The van der Waals surface area contributed by atoms with Crippen LogP contribution in [0.4, 0.5) is 10.5 Å². The highest BCUT2D eigenvalue weighted by Crippen LogP contribution is 2.54. The summed E-state index contributed by atoms with van der Waals surface area (Å²) >= 11 is 0. The number of hydrogen-bond donors (Lipinski definition) is 3. The Kier molecular flexibility index (Phi) is 10.9. The minimum absolute atomic E-state index is 0.0646. The molecule has 0 spiro atoms. The van der Waals surface area contributed by atoms with E-state index < -0.39 is 34.4 Å². The summed E-state index contributed by atoms with van der Waals surface area (Å²) in [5, 5.41) is 8.35. The number of aryl methyl sites for hydroxylation is 1. The lowest BCUT2D eigenvalue weighted by Crippen LogP contribution is -2.53. The van der Waals surface area contributed by atoms with Crippen LogP contribution in [0.1, 0.15) is 69.7 Å². The highest BCUT2D eigenvalue weighted by molar-refractivity contribution is 8.29. The van der Waals surface area contributed by atoms with Crippen molar-refractivity contribution in [2.75, 3.05) is 24.4 Å². The zero-order valence-corrected chi connectivity index (χ0v) is 29.3. The van der Waals surface area contributed by atoms with E-state index in [2.05, 4.69) is 73.5 Å². The molecule has 0 fully saturated rings. The molecule has 0 saturated heterocycles. The zero-order valence-electron chi connectivity index (χ0n) is 28.5. The van der Waals surface area contributed by atoms with E-state index in [0.29, 0.717) is 12.3 Å². The molecule has 9 heteroatoms. The molecular formula is C37H49N3O5S. The third-order valence-electron chi connectivity index (χ3n) is 8.91. The number of rotatable bonds is 11. The molecule has 248 valence electrons. The standard InChI is InChI=1S/C37H49N3O5S/c1-23(2)33(40-36(43)44-22-32-30-16-12-10-14-28(30)29-15-11-13-17-31(29)32)35(42)38-25(4)34(41)39-27-19-18-26(24(3)20-27)21-45-46(8,9)37(5,6)7/h10-20,23,25,32-33H,21-22H2,1-9H3,(H,38,42)(H,39,41)(H,40,43)/t25-,33-/m0/s1. The van der Waals surface area contributed by atoms with Gasteiger partial charge in [-0.1, -0.05) is 89.2 Å². The van der Waals surface area contributed by atoms with E-state index in [1.54, 1.807) is 6.92 Å². The molecule has 3 amide bonds. The van der Waals surface area contributed by atoms with Crippen LogP contribution in [0.3, 0.4) is 0 Å². The van der Waals surface area contributed by atoms with Gasteiger partial charge in [-0.05, 0) is 77.8 Å². The second-order valence-corrected chi connectivity index (χ2v) is 17.6. The molecule has 1 aliphatic carbocycles. The summed E-state index contributed by atoms with van der Waals surface area (Å²) in [6, 6.07) is 20.2. The minimum Gasteiger partial charge on any atom is -0.449 e. The smallest absolute Gasteiger partial charge is 0.407 e. The Bertz CT molecular complexity index is 1530. The fraction of sp³-hybridized carbons (Fsp3) is 0.432. The maximum atomic E-state index is 13.2. The van der Waals surface area contributed by atoms with Crippen molar-refractivity contribution < 1.29 is 23.3 Å². The van der Waals surface area contributed by atoms with Gasteiger partial charge in [0, 0.05) is 16.4 Å². The third kappa shape index (κ3) is 8.12. The molecule has 4 rings (SSSR count). The fourth-order valence-corrected chi connectivity index (χ4v) is 6.02. The van der Waals surface area contributed by atoms with E-state index in [-0.39, 0.29) is 29.1 Å². The Hall–Kier alpha value is -3.82. The molecule has 46 heavy (non-hydrogen) atoms. The van der Waals surface area contributed by atoms with Crippen molar-refractivity contribution in [1.29, 1.82) is 0 Å². The number of amides is 3. The number of anilines is 1. The molecule has 2 atom stereocenters. The average Bonchev–Trinajstić information content (AvgIpc) is 3.31. The van der Waals surface area contributed by atoms with E-state index in [0.717, 1.165) is 33.4 Å². The van der Waals surface area contributed by atoms with Crippen LogP contribution < -0.4 is 16.0 Å². The first kappa shape index (κ1) is 35.0. The molecule has 1 aliphatic rings. The van der Waals surface area contributed by atoms with Gasteiger partial charge in [0.2, 0.25) is 11.8 Å².